The Hall–Kier alpha value is -3.69. The molecule has 6 fully saturated rings. The summed E-state index contributed by atoms with van der Waals surface area (Å²) in [4.78, 5) is 44.7. The van der Waals surface area contributed by atoms with Crippen LogP contribution in [-0.4, -0.2) is 35.3 Å². The van der Waals surface area contributed by atoms with Crippen LogP contribution in [0.5, 0.6) is 0 Å². The van der Waals surface area contributed by atoms with E-state index in [0.29, 0.717) is 46.4 Å². The van der Waals surface area contributed by atoms with E-state index in [9.17, 15) is 39.6 Å². The average Bonchev–Trinajstić information content (AvgIpc) is 3.78. The van der Waals surface area contributed by atoms with Gasteiger partial charge >= 0.3 is 0 Å². The van der Waals surface area contributed by atoms with Crippen LogP contribution in [0.1, 0.15) is 155 Å². The van der Waals surface area contributed by atoms with Crippen LogP contribution >= 0.6 is 0 Å². The minimum absolute atomic E-state index is 0. The molecule has 2 aromatic carbocycles. The molecule has 8 aliphatic rings. The van der Waals surface area contributed by atoms with E-state index in [2.05, 4.69) is 27.7 Å². The number of hydrogen-bond donors (Lipinski definition) is 0. The molecule has 0 amide bonds. The summed E-state index contributed by atoms with van der Waals surface area (Å²) in [5, 5.41) is 47.2. The Bertz CT molecular complexity index is 2090. The van der Waals surface area contributed by atoms with Crippen molar-refractivity contribution in [1.29, 1.82) is 0 Å². The molecule has 12 atom stereocenters. The molecule has 0 N–H and O–H groups in total. The average molecular weight is 945 g/mol. The third-order valence-electron chi connectivity index (χ3n) is 18.5. The molecule has 10 rings (SSSR count). The second-order valence-electron chi connectivity index (χ2n) is 22.1. The fourth-order valence-electron chi connectivity index (χ4n) is 14.8. The second kappa shape index (κ2) is 21.5. The molecular weight excluding hydrogens is 872 g/mol. The van der Waals surface area contributed by atoms with Gasteiger partial charge in [0.2, 0.25) is 0 Å². The maximum absolute atomic E-state index is 12.4. The standard InChI is InChI=1S/2C19H27O2.2C10H10O2.Ti/c2*1-18-9-7-13(20)11-12(18)3-4-14-15-5-6-17(21)19(15,2)10-8-16(14)18;2*1-8(11)7-10(12)9-5-3-2-4-6-9;/h2*11,14-17H,3-10H2,1-2H3;2*2-7,12H,1H3;/q2*-1;;;/p-2/b;;2*10-7-;/t2*14-,15?,16?,17-,18-,19-;;;/m00.../s1. The number of allylic oxidation sites excluding steroid dienone is 4. The van der Waals surface area contributed by atoms with Gasteiger partial charge in [0, 0.05) is 34.6 Å². The molecule has 6 saturated carbocycles. The van der Waals surface area contributed by atoms with Gasteiger partial charge in [0.15, 0.2) is 23.1 Å². The predicted octanol–water partition coefficient (Wildman–Crippen LogP) is 8.45. The van der Waals surface area contributed by atoms with Gasteiger partial charge in [-0.15, -0.1) is 12.2 Å². The van der Waals surface area contributed by atoms with Gasteiger partial charge in [-0.05, 0) is 171 Å². The Morgan fingerprint density at radius 1 is 0.507 bits per heavy atom. The fraction of sp³-hybridized carbons (Fsp3) is 0.586. The fourth-order valence-corrected chi connectivity index (χ4v) is 14.8. The Labute approximate surface area is 414 Å². The topological polar surface area (TPSA) is 161 Å². The van der Waals surface area contributed by atoms with Gasteiger partial charge < -0.3 is 20.4 Å². The molecule has 0 aromatic heterocycles. The molecular formula is C58H72O8Ti-4. The van der Waals surface area contributed by atoms with Gasteiger partial charge in [0.1, 0.15) is 0 Å². The van der Waals surface area contributed by atoms with Crippen molar-refractivity contribution in [2.75, 3.05) is 0 Å². The van der Waals surface area contributed by atoms with Gasteiger partial charge in [-0.2, -0.15) is 0 Å². The molecule has 0 radical (unpaired) electrons. The number of hydrogen-bond acceptors (Lipinski definition) is 8. The molecule has 0 aliphatic heterocycles. The van der Waals surface area contributed by atoms with E-state index in [1.165, 1.54) is 50.7 Å². The Balaban J connectivity index is 0.000000152. The van der Waals surface area contributed by atoms with Crippen molar-refractivity contribution >= 4 is 34.7 Å². The van der Waals surface area contributed by atoms with Crippen LogP contribution in [0, 0.1) is 57.2 Å². The number of rotatable bonds is 4. The van der Waals surface area contributed by atoms with Crippen molar-refractivity contribution < 1.29 is 61.3 Å². The number of carbonyl (C=O) groups excluding carboxylic acids is 4. The van der Waals surface area contributed by atoms with Crippen LogP contribution in [0.3, 0.4) is 0 Å². The van der Waals surface area contributed by atoms with E-state index in [1.54, 1.807) is 48.5 Å². The molecule has 2 aromatic rings. The van der Waals surface area contributed by atoms with Crippen molar-refractivity contribution in [2.45, 2.75) is 156 Å². The zero-order valence-electron chi connectivity index (χ0n) is 40.8. The van der Waals surface area contributed by atoms with Gasteiger partial charge in [-0.1, -0.05) is 137 Å². The molecule has 67 heavy (non-hydrogen) atoms. The molecule has 0 spiro atoms. The van der Waals surface area contributed by atoms with Crippen LogP contribution in [0.2, 0.25) is 0 Å². The first-order chi connectivity index (χ1) is 31.3. The monoisotopic (exact) mass is 944 g/mol. The maximum atomic E-state index is 12.4. The van der Waals surface area contributed by atoms with Crippen LogP contribution in [0.25, 0.3) is 11.5 Å². The summed E-state index contributed by atoms with van der Waals surface area (Å²) in [6.45, 7) is 12.1. The Morgan fingerprint density at radius 2 is 0.866 bits per heavy atom. The van der Waals surface area contributed by atoms with E-state index in [4.69, 9.17) is 0 Å². The van der Waals surface area contributed by atoms with E-state index in [0.717, 1.165) is 101 Å². The number of carbonyl (C=O) groups is 4. The van der Waals surface area contributed by atoms with Gasteiger partial charge in [-0.25, -0.2) is 0 Å². The Kier molecular flexibility index (Phi) is 16.9. The van der Waals surface area contributed by atoms with Crippen molar-refractivity contribution in [1.82, 2.24) is 0 Å². The van der Waals surface area contributed by atoms with Crippen molar-refractivity contribution in [3.05, 3.63) is 107 Å². The SMILES string of the molecule is CC(=O)/C=C(\[O-])c1ccccc1.CC(=O)/C=C(\[O-])c1ccccc1.C[C@]12CCC(=O)C=C1CC[C@@H]1C2CC[C@@]2(C)C1CC[C@@H]2[O-].C[C@]12CCC(=O)C=C1CC[C@@H]1C2CC[C@@]2(C)C1CC[C@@H]2[O-].[Ti]. The summed E-state index contributed by atoms with van der Waals surface area (Å²) in [6.07, 6.45) is 22.4. The largest absolute Gasteiger partial charge is 0.872 e. The summed E-state index contributed by atoms with van der Waals surface area (Å²) in [5.41, 5.74) is 4.58. The molecule has 360 valence electrons. The molecule has 4 unspecified atom stereocenters. The maximum Gasteiger partial charge on any atom is 0.155 e. The second-order valence-corrected chi connectivity index (χ2v) is 22.1. The predicted molar refractivity (Wildman–Crippen MR) is 251 cm³/mol. The van der Waals surface area contributed by atoms with Crippen molar-refractivity contribution in [3.63, 3.8) is 0 Å². The molecule has 0 saturated heterocycles. The van der Waals surface area contributed by atoms with Crippen LogP contribution < -0.4 is 20.4 Å². The zero-order valence-corrected chi connectivity index (χ0v) is 42.3. The summed E-state index contributed by atoms with van der Waals surface area (Å²) in [7, 11) is 0. The minimum atomic E-state index is -0.332. The molecule has 8 aliphatic carbocycles. The minimum Gasteiger partial charge on any atom is -0.872 e. The quantitative estimate of drug-likeness (QED) is 0.168. The summed E-state index contributed by atoms with van der Waals surface area (Å²) >= 11 is 0. The van der Waals surface area contributed by atoms with Crippen LogP contribution in [-0.2, 0) is 40.9 Å². The number of ketones is 4. The summed E-state index contributed by atoms with van der Waals surface area (Å²) in [6, 6.07) is 17.4. The first kappa shape index (κ1) is 52.7. The molecule has 8 nitrogen and oxygen atoms in total. The summed E-state index contributed by atoms with van der Waals surface area (Å²) in [5.74, 6) is 3.96. The van der Waals surface area contributed by atoms with E-state index in [-0.39, 0.29) is 78.7 Å². The number of benzene rings is 2. The third kappa shape index (κ3) is 10.9. The molecule has 0 heterocycles. The normalized spacial score (nSPS) is 37.1. The molecule has 9 heteroatoms. The van der Waals surface area contributed by atoms with Crippen molar-refractivity contribution in [3.8, 4) is 0 Å². The Morgan fingerprint density at radius 3 is 1.21 bits per heavy atom. The summed E-state index contributed by atoms with van der Waals surface area (Å²) < 4.78 is 0. The van der Waals surface area contributed by atoms with Gasteiger partial charge in [0.05, 0.1) is 0 Å². The first-order valence-corrected chi connectivity index (χ1v) is 25.0. The first-order valence-electron chi connectivity index (χ1n) is 25.0. The van der Waals surface area contributed by atoms with Gasteiger partial charge in [-0.3, -0.25) is 19.2 Å². The van der Waals surface area contributed by atoms with Crippen molar-refractivity contribution in [2.24, 2.45) is 57.2 Å². The van der Waals surface area contributed by atoms with Crippen LogP contribution in [0.4, 0.5) is 0 Å². The number of fused-ring (bicyclic) bond motifs is 10. The molecule has 0 bridgehead atoms. The third-order valence-corrected chi connectivity index (χ3v) is 18.5. The smallest absolute Gasteiger partial charge is 0.155 e. The van der Waals surface area contributed by atoms with Crippen LogP contribution in [0.15, 0.2) is 96.1 Å². The van der Waals surface area contributed by atoms with E-state index < -0.39 is 0 Å². The van der Waals surface area contributed by atoms with E-state index >= 15 is 0 Å². The zero-order chi connectivity index (χ0) is 47.6. The van der Waals surface area contributed by atoms with Gasteiger partial charge in [0.25, 0.3) is 0 Å². The van der Waals surface area contributed by atoms with E-state index in [1.807, 2.05) is 24.3 Å².